The largest absolute Gasteiger partial charge is 0.348 e. The van der Waals surface area contributed by atoms with Crippen molar-refractivity contribution in [2.75, 3.05) is 0 Å². The molecule has 0 aliphatic heterocycles. The Labute approximate surface area is 153 Å². The van der Waals surface area contributed by atoms with E-state index in [4.69, 9.17) is 0 Å². The number of rotatable bonds is 6. The van der Waals surface area contributed by atoms with E-state index in [0.29, 0.717) is 27.2 Å². The van der Waals surface area contributed by atoms with Crippen LogP contribution in [0.2, 0.25) is 0 Å². The quantitative estimate of drug-likeness (QED) is 0.667. The number of carbonyl (C=O) groups excluding carboxylic acids is 1. The van der Waals surface area contributed by atoms with Gasteiger partial charge in [-0.2, -0.15) is 13.9 Å². The van der Waals surface area contributed by atoms with Gasteiger partial charge in [0, 0.05) is 18.3 Å². The van der Waals surface area contributed by atoms with Crippen molar-refractivity contribution in [2.45, 2.75) is 13.1 Å². The minimum Gasteiger partial charge on any atom is -0.348 e. The molecule has 1 amide bonds. The Morgan fingerprint density at radius 2 is 1.85 bits per heavy atom. The molecule has 27 heavy (non-hydrogen) atoms. The second-order valence-corrected chi connectivity index (χ2v) is 5.63. The summed E-state index contributed by atoms with van der Waals surface area (Å²) in [6, 6.07) is 10.5. The van der Waals surface area contributed by atoms with Crippen LogP contribution in [0.5, 0.6) is 0 Å². The van der Waals surface area contributed by atoms with Crippen molar-refractivity contribution in [3.63, 3.8) is 0 Å². The molecule has 1 aromatic carbocycles. The van der Waals surface area contributed by atoms with E-state index in [9.17, 15) is 18.0 Å². The Morgan fingerprint density at radius 3 is 2.48 bits per heavy atom. The van der Waals surface area contributed by atoms with Gasteiger partial charge >= 0.3 is 6.55 Å². The molecule has 8 heteroatoms. The van der Waals surface area contributed by atoms with E-state index >= 15 is 0 Å². The van der Waals surface area contributed by atoms with Gasteiger partial charge in [-0.05, 0) is 54.1 Å². The molecule has 5 nitrogen and oxygen atoms in total. The molecule has 0 saturated carbocycles. The highest BCUT2D eigenvalue weighted by molar-refractivity contribution is 5.86. The van der Waals surface area contributed by atoms with Crippen molar-refractivity contribution in [3.8, 4) is 22.6 Å². The van der Waals surface area contributed by atoms with Gasteiger partial charge < -0.3 is 5.32 Å². The molecule has 2 heterocycles. The minimum atomic E-state index is -2.76. The zero-order chi connectivity index (χ0) is 19.4. The molecule has 138 valence electrons. The third-order valence-corrected chi connectivity index (χ3v) is 3.75. The summed E-state index contributed by atoms with van der Waals surface area (Å²) >= 11 is 0. The normalized spacial score (nSPS) is 10.8. The van der Waals surface area contributed by atoms with Crippen LogP contribution in [-0.2, 0) is 11.3 Å². The zero-order valence-electron chi connectivity index (χ0n) is 14.1. The van der Waals surface area contributed by atoms with Gasteiger partial charge in [0.15, 0.2) is 0 Å². The molecule has 0 fully saturated rings. The number of carbonyl (C=O) groups is 1. The zero-order valence-corrected chi connectivity index (χ0v) is 14.1. The number of amides is 1. The number of hydrogen-bond acceptors (Lipinski definition) is 3. The second kappa shape index (κ2) is 7.86. The summed E-state index contributed by atoms with van der Waals surface area (Å²) in [7, 11) is 0. The fourth-order valence-corrected chi connectivity index (χ4v) is 2.43. The van der Waals surface area contributed by atoms with Gasteiger partial charge in [0.25, 0.3) is 0 Å². The number of benzene rings is 1. The van der Waals surface area contributed by atoms with E-state index < -0.39 is 6.55 Å². The fourth-order valence-electron chi connectivity index (χ4n) is 2.43. The maximum atomic E-state index is 13.2. The number of nitrogens with zero attached hydrogens (tertiary/aromatic N) is 3. The lowest BCUT2D eigenvalue weighted by atomic mass is 10.1. The second-order valence-electron chi connectivity index (χ2n) is 5.63. The first-order chi connectivity index (χ1) is 13.0. The first-order valence-corrected chi connectivity index (χ1v) is 7.97. The number of aromatic nitrogens is 3. The van der Waals surface area contributed by atoms with E-state index in [1.165, 1.54) is 18.2 Å². The van der Waals surface area contributed by atoms with Crippen molar-refractivity contribution in [3.05, 3.63) is 72.7 Å². The van der Waals surface area contributed by atoms with Crippen molar-refractivity contribution >= 4 is 5.91 Å². The predicted octanol–water partition coefficient (Wildman–Crippen LogP) is 3.95. The van der Waals surface area contributed by atoms with Crippen molar-refractivity contribution in [1.29, 1.82) is 0 Å². The van der Waals surface area contributed by atoms with Crippen LogP contribution in [0.1, 0.15) is 12.1 Å². The van der Waals surface area contributed by atoms with E-state index in [-0.39, 0.29) is 24.0 Å². The maximum Gasteiger partial charge on any atom is 0.333 e. The van der Waals surface area contributed by atoms with E-state index in [0.717, 1.165) is 12.3 Å². The van der Waals surface area contributed by atoms with Crippen molar-refractivity contribution < 1.29 is 18.0 Å². The summed E-state index contributed by atoms with van der Waals surface area (Å²) in [6.45, 7) is 0.813. The lowest BCUT2D eigenvalue weighted by Crippen LogP contribution is -2.20. The molecule has 3 aromatic rings. The van der Waals surface area contributed by atoms with Gasteiger partial charge in [0.2, 0.25) is 5.91 Å². The molecule has 0 bridgehead atoms. The maximum absolute atomic E-state index is 13.2. The molecule has 0 aliphatic carbocycles. The summed E-state index contributed by atoms with van der Waals surface area (Å²) in [5, 5.41) is 6.47. The SMILES string of the molecule is C=CC(=O)NCc1cc(-c2ccc(F)cc2)nc(-c2ccn(C(F)F)n2)c1. The Hall–Kier alpha value is -3.42. The molecule has 1 N–H and O–H groups in total. The molecule has 0 aliphatic rings. The first-order valence-electron chi connectivity index (χ1n) is 7.97. The highest BCUT2D eigenvalue weighted by Crippen LogP contribution is 2.25. The third kappa shape index (κ3) is 4.41. The van der Waals surface area contributed by atoms with Crippen LogP contribution < -0.4 is 5.32 Å². The van der Waals surface area contributed by atoms with Crippen LogP contribution in [0.25, 0.3) is 22.6 Å². The van der Waals surface area contributed by atoms with Gasteiger partial charge in [0.05, 0.1) is 11.4 Å². The summed E-state index contributed by atoms with van der Waals surface area (Å²) in [6.07, 6.45) is 2.30. The van der Waals surface area contributed by atoms with Crippen LogP contribution >= 0.6 is 0 Å². The lowest BCUT2D eigenvalue weighted by Gasteiger charge is -2.09. The predicted molar refractivity (Wildman–Crippen MR) is 94.1 cm³/mol. The number of pyridine rings is 1. The number of alkyl halides is 2. The minimum absolute atomic E-state index is 0.185. The van der Waals surface area contributed by atoms with Gasteiger partial charge in [0.1, 0.15) is 11.5 Å². The molecular weight excluding hydrogens is 357 g/mol. The van der Waals surface area contributed by atoms with Crippen molar-refractivity contribution in [2.24, 2.45) is 0 Å². The molecule has 3 rings (SSSR count). The van der Waals surface area contributed by atoms with E-state index in [1.807, 2.05) is 0 Å². The fraction of sp³-hybridized carbons (Fsp3) is 0.105. The molecule has 0 atom stereocenters. The first kappa shape index (κ1) is 18.4. The summed E-state index contributed by atoms with van der Waals surface area (Å²) < 4.78 is 39.3. The summed E-state index contributed by atoms with van der Waals surface area (Å²) in [5.74, 6) is -0.734. The summed E-state index contributed by atoms with van der Waals surface area (Å²) in [5.41, 5.74) is 2.44. The highest BCUT2D eigenvalue weighted by Gasteiger charge is 2.13. The van der Waals surface area contributed by atoms with Gasteiger partial charge in [-0.3, -0.25) is 4.79 Å². The third-order valence-electron chi connectivity index (χ3n) is 3.75. The molecular formula is C19H15F3N4O. The lowest BCUT2D eigenvalue weighted by molar-refractivity contribution is -0.116. The molecule has 0 saturated heterocycles. The Morgan fingerprint density at radius 1 is 1.15 bits per heavy atom. The topological polar surface area (TPSA) is 59.8 Å². The van der Waals surface area contributed by atoms with Crippen LogP contribution in [0.3, 0.4) is 0 Å². The van der Waals surface area contributed by atoms with Gasteiger partial charge in [-0.1, -0.05) is 6.58 Å². The van der Waals surface area contributed by atoms with Gasteiger partial charge in [-0.25, -0.2) is 14.1 Å². The van der Waals surface area contributed by atoms with Crippen LogP contribution in [-0.4, -0.2) is 20.7 Å². The molecule has 0 spiro atoms. The molecule has 2 aromatic heterocycles. The summed E-state index contributed by atoms with van der Waals surface area (Å²) in [4.78, 5) is 15.9. The molecule has 0 unspecified atom stereocenters. The van der Waals surface area contributed by atoms with E-state index in [2.05, 4.69) is 22.0 Å². The molecule has 0 radical (unpaired) electrons. The number of halogens is 3. The monoisotopic (exact) mass is 372 g/mol. The Kier molecular flexibility index (Phi) is 5.35. The van der Waals surface area contributed by atoms with Crippen LogP contribution in [0, 0.1) is 5.82 Å². The highest BCUT2D eigenvalue weighted by atomic mass is 19.3. The average Bonchev–Trinajstić information content (AvgIpc) is 3.17. The Bertz CT molecular complexity index is 967. The van der Waals surface area contributed by atoms with Crippen molar-refractivity contribution in [1.82, 2.24) is 20.1 Å². The van der Waals surface area contributed by atoms with Crippen LogP contribution in [0.15, 0.2) is 61.3 Å². The standard InChI is InChI=1S/C19H15F3N4O/c1-2-18(27)23-11-12-9-16(13-3-5-14(20)6-4-13)24-17(10-12)15-7-8-26(25-15)19(21)22/h2-10,19H,1,11H2,(H,23,27). The number of hydrogen-bond donors (Lipinski definition) is 1. The van der Waals surface area contributed by atoms with Gasteiger partial charge in [-0.15, -0.1) is 0 Å². The van der Waals surface area contributed by atoms with E-state index in [1.54, 1.807) is 24.3 Å². The smallest absolute Gasteiger partial charge is 0.333 e. The Balaban J connectivity index is 2.02. The number of nitrogens with one attached hydrogen (secondary N) is 1. The average molecular weight is 372 g/mol. The van der Waals surface area contributed by atoms with Crippen LogP contribution in [0.4, 0.5) is 13.2 Å².